The molecule has 1 rings (SSSR count). The van der Waals surface area contributed by atoms with Crippen molar-refractivity contribution in [3.8, 4) is 0 Å². The van der Waals surface area contributed by atoms with Gasteiger partial charge in [0.05, 0.1) is 11.0 Å². The Bertz CT molecular complexity index is 226. The first-order valence-electron chi connectivity index (χ1n) is 4.73. The van der Waals surface area contributed by atoms with Crippen molar-refractivity contribution in [2.75, 3.05) is 18.8 Å². The standard InChI is InChI=1S/C9H15NO3S/c1-7(9(12)13)14-6-8(11)10-4-2-3-5-10/h7H,2-6H2,1H3,(H,12,13)/t7-/m1/s1. The number of thioether (sulfide) groups is 1. The Hall–Kier alpha value is -0.710. The summed E-state index contributed by atoms with van der Waals surface area (Å²) < 4.78 is 0. The van der Waals surface area contributed by atoms with Gasteiger partial charge in [-0.3, -0.25) is 9.59 Å². The van der Waals surface area contributed by atoms with Crippen LogP contribution in [0.25, 0.3) is 0 Å². The summed E-state index contributed by atoms with van der Waals surface area (Å²) in [6, 6.07) is 0. The number of carbonyl (C=O) groups is 2. The van der Waals surface area contributed by atoms with Crippen molar-refractivity contribution in [3.63, 3.8) is 0 Å². The molecule has 1 aliphatic rings. The van der Waals surface area contributed by atoms with Crippen molar-refractivity contribution < 1.29 is 14.7 Å². The van der Waals surface area contributed by atoms with Gasteiger partial charge in [0.25, 0.3) is 0 Å². The van der Waals surface area contributed by atoms with Gasteiger partial charge in [-0.2, -0.15) is 0 Å². The van der Waals surface area contributed by atoms with Crippen LogP contribution in [0.5, 0.6) is 0 Å². The summed E-state index contributed by atoms with van der Waals surface area (Å²) >= 11 is 1.19. The molecule has 0 bridgehead atoms. The lowest BCUT2D eigenvalue weighted by molar-refractivity contribution is -0.136. The highest BCUT2D eigenvalue weighted by molar-refractivity contribution is 8.01. The molecule has 0 unspecified atom stereocenters. The minimum Gasteiger partial charge on any atom is -0.480 e. The first kappa shape index (κ1) is 11.4. The molecule has 1 amide bonds. The third-order valence-electron chi connectivity index (χ3n) is 2.26. The van der Waals surface area contributed by atoms with E-state index in [1.165, 1.54) is 11.8 Å². The monoisotopic (exact) mass is 217 g/mol. The van der Waals surface area contributed by atoms with Crippen molar-refractivity contribution in [2.24, 2.45) is 0 Å². The molecule has 1 atom stereocenters. The van der Waals surface area contributed by atoms with E-state index in [4.69, 9.17) is 5.11 Å². The average molecular weight is 217 g/mol. The van der Waals surface area contributed by atoms with Crippen molar-refractivity contribution in [1.82, 2.24) is 4.90 Å². The number of amides is 1. The molecule has 14 heavy (non-hydrogen) atoms. The van der Waals surface area contributed by atoms with E-state index in [-0.39, 0.29) is 11.7 Å². The number of rotatable bonds is 4. The molecule has 1 heterocycles. The Morgan fingerprint density at radius 1 is 1.43 bits per heavy atom. The van der Waals surface area contributed by atoms with E-state index in [1.54, 1.807) is 6.92 Å². The zero-order chi connectivity index (χ0) is 10.6. The first-order chi connectivity index (χ1) is 6.61. The lowest BCUT2D eigenvalue weighted by Crippen LogP contribution is -2.30. The van der Waals surface area contributed by atoms with Gasteiger partial charge in [0.2, 0.25) is 5.91 Å². The normalized spacial score (nSPS) is 18.2. The molecule has 0 aromatic carbocycles. The number of hydrogen-bond acceptors (Lipinski definition) is 3. The van der Waals surface area contributed by atoms with Gasteiger partial charge in [-0.1, -0.05) is 0 Å². The second-order valence-electron chi connectivity index (χ2n) is 3.38. The smallest absolute Gasteiger partial charge is 0.316 e. The summed E-state index contributed by atoms with van der Waals surface area (Å²) in [5, 5.41) is 8.12. The van der Waals surface area contributed by atoms with Gasteiger partial charge in [-0.05, 0) is 19.8 Å². The van der Waals surface area contributed by atoms with Gasteiger partial charge in [0, 0.05) is 13.1 Å². The van der Waals surface area contributed by atoms with E-state index in [2.05, 4.69) is 0 Å². The van der Waals surface area contributed by atoms with Crippen LogP contribution in [0.2, 0.25) is 0 Å². The van der Waals surface area contributed by atoms with Crippen molar-refractivity contribution in [2.45, 2.75) is 25.0 Å². The maximum atomic E-state index is 11.5. The molecule has 1 aliphatic heterocycles. The largest absolute Gasteiger partial charge is 0.480 e. The van der Waals surface area contributed by atoms with Gasteiger partial charge in [0.15, 0.2) is 0 Å². The average Bonchev–Trinajstić information content (AvgIpc) is 2.66. The number of hydrogen-bond donors (Lipinski definition) is 1. The summed E-state index contributed by atoms with van der Waals surface area (Å²) in [7, 11) is 0. The van der Waals surface area contributed by atoms with Crippen molar-refractivity contribution in [3.05, 3.63) is 0 Å². The highest BCUT2D eigenvalue weighted by Crippen LogP contribution is 2.14. The number of nitrogens with zero attached hydrogens (tertiary/aromatic N) is 1. The Labute approximate surface area is 87.7 Å². The third kappa shape index (κ3) is 3.21. The van der Waals surface area contributed by atoms with E-state index in [0.29, 0.717) is 0 Å². The molecule has 0 spiro atoms. The Kier molecular flexibility index (Phi) is 4.25. The summed E-state index contributed by atoms with van der Waals surface area (Å²) in [6.45, 7) is 3.27. The highest BCUT2D eigenvalue weighted by Gasteiger charge is 2.20. The van der Waals surface area contributed by atoms with Crippen LogP contribution >= 0.6 is 11.8 Å². The van der Waals surface area contributed by atoms with E-state index in [0.717, 1.165) is 25.9 Å². The fourth-order valence-corrected chi connectivity index (χ4v) is 2.04. The number of carbonyl (C=O) groups excluding carboxylic acids is 1. The fraction of sp³-hybridized carbons (Fsp3) is 0.778. The van der Waals surface area contributed by atoms with Crippen LogP contribution in [0.3, 0.4) is 0 Å². The molecule has 1 N–H and O–H groups in total. The van der Waals surface area contributed by atoms with Gasteiger partial charge in [0.1, 0.15) is 0 Å². The van der Waals surface area contributed by atoms with E-state index in [1.807, 2.05) is 4.90 Å². The van der Waals surface area contributed by atoms with Crippen LogP contribution in [-0.4, -0.2) is 46.0 Å². The topological polar surface area (TPSA) is 57.6 Å². The van der Waals surface area contributed by atoms with Crippen LogP contribution in [0.1, 0.15) is 19.8 Å². The van der Waals surface area contributed by atoms with Gasteiger partial charge in [-0.15, -0.1) is 11.8 Å². The molecule has 0 radical (unpaired) electrons. The minimum absolute atomic E-state index is 0.0700. The molecule has 0 saturated carbocycles. The quantitative estimate of drug-likeness (QED) is 0.757. The third-order valence-corrected chi connectivity index (χ3v) is 3.38. The minimum atomic E-state index is -0.857. The Balaban J connectivity index is 2.23. The maximum Gasteiger partial charge on any atom is 0.316 e. The van der Waals surface area contributed by atoms with Gasteiger partial charge in [-0.25, -0.2) is 0 Å². The van der Waals surface area contributed by atoms with Gasteiger partial charge < -0.3 is 10.0 Å². The van der Waals surface area contributed by atoms with Crippen molar-refractivity contribution in [1.29, 1.82) is 0 Å². The second-order valence-corrected chi connectivity index (χ2v) is 4.71. The predicted molar refractivity (Wildman–Crippen MR) is 55.4 cm³/mol. The Morgan fingerprint density at radius 2 is 2.00 bits per heavy atom. The SMILES string of the molecule is C[C@@H](SCC(=O)N1CCCC1)C(=O)O. The van der Waals surface area contributed by atoms with E-state index >= 15 is 0 Å². The van der Waals surface area contributed by atoms with E-state index < -0.39 is 11.2 Å². The zero-order valence-electron chi connectivity index (χ0n) is 8.23. The highest BCUT2D eigenvalue weighted by atomic mass is 32.2. The molecule has 1 fully saturated rings. The molecule has 80 valence electrons. The predicted octanol–water partition coefficient (Wildman–Crippen LogP) is 0.815. The molecule has 1 saturated heterocycles. The zero-order valence-corrected chi connectivity index (χ0v) is 9.05. The number of carboxylic acids is 1. The van der Waals surface area contributed by atoms with Crippen LogP contribution < -0.4 is 0 Å². The molecule has 0 aromatic heterocycles. The number of likely N-dealkylation sites (tertiary alicyclic amines) is 1. The second kappa shape index (κ2) is 5.24. The van der Waals surface area contributed by atoms with Gasteiger partial charge >= 0.3 is 5.97 Å². The summed E-state index contributed by atoms with van der Waals surface area (Å²) in [4.78, 5) is 23.8. The lowest BCUT2D eigenvalue weighted by atomic mass is 10.4. The summed E-state index contributed by atoms with van der Waals surface area (Å²) in [5.41, 5.74) is 0. The van der Waals surface area contributed by atoms with Crippen molar-refractivity contribution >= 4 is 23.6 Å². The molecule has 0 aliphatic carbocycles. The first-order valence-corrected chi connectivity index (χ1v) is 5.78. The van der Waals surface area contributed by atoms with Crippen LogP contribution in [0.15, 0.2) is 0 Å². The molecular weight excluding hydrogens is 202 g/mol. The van der Waals surface area contributed by atoms with Crippen LogP contribution in [0, 0.1) is 0 Å². The maximum absolute atomic E-state index is 11.5. The molecule has 4 nitrogen and oxygen atoms in total. The lowest BCUT2D eigenvalue weighted by Gasteiger charge is -2.15. The molecule has 0 aromatic rings. The number of carboxylic acid groups (broad SMARTS) is 1. The Morgan fingerprint density at radius 3 is 2.50 bits per heavy atom. The molecule has 5 heteroatoms. The number of aliphatic carboxylic acids is 1. The van der Waals surface area contributed by atoms with Crippen LogP contribution in [0.4, 0.5) is 0 Å². The summed E-state index contributed by atoms with van der Waals surface area (Å²) in [5.74, 6) is -0.502. The summed E-state index contributed by atoms with van der Waals surface area (Å²) in [6.07, 6.45) is 2.15. The fourth-order valence-electron chi connectivity index (χ4n) is 1.33. The van der Waals surface area contributed by atoms with Crippen LogP contribution in [-0.2, 0) is 9.59 Å². The molecular formula is C9H15NO3S. The van der Waals surface area contributed by atoms with E-state index in [9.17, 15) is 9.59 Å².